The third kappa shape index (κ3) is 4.88. The van der Waals surface area contributed by atoms with Gasteiger partial charge in [0.15, 0.2) is 0 Å². The van der Waals surface area contributed by atoms with Gasteiger partial charge in [0.1, 0.15) is 11.4 Å². The molecule has 11 heteroatoms. The minimum Gasteiger partial charge on any atom is -0.389 e. The Morgan fingerprint density at radius 3 is 2.72 bits per heavy atom. The van der Waals surface area contributed by atoms with E-state index >= 15 is 4.39 Å². The first-order valence-corrected chi connectivity index (χ1v) is 17.0. The molecule has 3 N–H and O–H groups in total. The molecule has 1 aliphatic carbocycles. The van der Waals surface area contributed by atoms with Gasteiger partial charge in [-0.15, -0.1) is 0 Å². The molecule has 2 fully saturated rings. The molecule has 4 aliphatic rings. The third-order valence-electron chi connectivity index (χ3n) is 10.8. The maximum absolute atomic E-state index is 16.3. The first kappa shape index (κ1) is 30.8. The van der Waals surface area contributed by atoms with Gasteiger partial charge in [-0.1, -0.05) is 53.9 Å². The quantitative estimate of drug-likeness (QED) is 0.223. The predicted molar refractivity (Wildman–Crippen MR) is 180 cm³/mol. The molecule has 47 heavy (non-hydrogen) atoms. The molecule has 0 unspecified atom stereocenters. The van der Waals surface area contributed by atoms with Crippen LogP contribution in [-0.2, 0) is 17.6 Å². The van der Waals surface area contributed by atoms with E-state index in [9.17, 15) is 14.7 Å². The molecule has 1 saturated carbocycles. The Kier molecular flexibility index (Phi) is 7.22. The van der Waals surface area contributed by atoms with E-state index in [1.54, 1.807) is 44.2 Å². The summed E-state index contributed by atoms with van der Waals surface area (Å²) in [5.41, 5.74) is 1.97. The molecule has 4 aromatic rings. The molecule has 0 bridgehead atoms. The number of carbonyl (C=O) groups excluding carboxylic acids is 2. The molecule has 1 aromatic heterocycles. The van der Waals surface area contributed by atoms with Crippen molar-refractivity contribution in [1.29, 1.82) is 0 Å². The third-order valence-corrected chi connectivity index (χ3v) is 11.3. The first-order valence-electron chi connectivity index (χ1n) is 16.3. The molecule has 4 heterocycles. The number of carbonyl (C=O) groups is 2. The largest absolute Gasteiger partial charge is 0.389 e. The Labute approximate surface area is 282 Å². The number of benzene rings is 3. The molecule has 3 aromatic carbocycles. The first-order chi connectivity index (χ1) is 22.4. The average Bonchev–Trinajstić information content (AvgIpc) is 3.61. The second-order valence-electron chi connectivity index (χ2n) is 14.3. The van der Waals surface area contributed by atoms with Crippen molar-refractivity contribution in [1.82, 2.24) is 20.0 Å². The summed E-state index contributed by atoms with van der Waals surface area (Å²) in [6.07, 6.45) is 4.37. The van der Waals surface area contributed by atoms with Crippen LogP contribution in [0.25, 0.3) is 10.9 Å². The van der Waals surface area contributed by atoms with Crippen molar-refractivity contribution in [2.24, 2.45) is 5.92 Å². The van der Waals surface area contributed by atoms with Gasteiger partial charge in [-0.3, -0.25) is 19.2 Å². The van der Waals surface area contributed by atoms with Crippen LogP contribution >= 0.6 is 23.2 Å². The van der Waals surface area contributed by atoms with Gasteiger partial charge in [-0.05, 0) is 74.1 Å². The van der Waals surface area contributed by atoms with Gasteiger partial charge in [0.2, 0.25) is 5.91 Å². The summed E-state index contributed by atoms with van der Waals surface area (Å²) < 4.78 is 18.3. The summed E-state index contributed by atoms with van der Waals surface area (Å²) in [4.78, 5) is 30.0. The fourth-order valence-electron chi connectivity index (χ4n) is 8.40. The zero-order chi connectivity index (χ0) is 32.8. The molecular weight excluding hydrogens is 640 g/mol. The van der Waals surface area contributed by atoms with Gasteiger partial charge >= 0.3 is 0 Å². The fourth-order valence-corrected chi connectivity index (χ4v) is 8.76. The Morgan fingerprint density at radius 2 is 1.98 bits per heavy atom. The number of hydrogen-bond acceptors (Lipinski definition) is 5. The van der Waals surface area contributed by atoms with Gasteiger partial charge in [-0.25, -0.2) is 4.39 Å². The maximum Gasteiger partial charge on any atom is 0.251 e. The van der Waals surface area contributed by atoms with E-state index in [-0.39, 0.29) is 35.5 Å². The van der Waals surface area contributed by atoms with Gasteiger partial charge in [0.05, 0.1) is 22.2 Å². The van der Waals surface area contributed by atoms with Gasteiger partial charge < -0.3 is 15.7 Å². The van der Waals surface area contributed by atoms with Crippen molar-refractivity contribution in [3.63, 3.8) is 0 Å². The fraction of sp³-hybridized carbons (Fsp3) is 0.417. The second kappa shape index (κ2) is 11.0. The van der Waals surface area contributed by atoms with Gasteiger partial charge in [0.25, 0.3) is 5.91 Å². The predicted octanol–water partition coefficient (Wildman–Crippen LogP) is 6.28. The number of hydrogen-bond donors (Lipinski definition) is 3. The highest BCUT2D eigenvalue weighted by Crippen LogP contribution is 2.60. The summed E-state index contributed by atoms with van der Waals surface area (Å²) in [6.45, 7) is 4.10. The van der Waals surface area contributed by atoms with Crippen LogP contribution < -0.4 is 10.6 Å². The smallest absolute Gasteiger partial charge is 0.251 e. The molecular formula is C36H36Cl2FN5O3. The summed E-state index contributed by atoms with van der Waals surface area (Å²) in [5, 5.41) is 22.6. The number of fused-ring (bicyclic) bond motifs is 6. The van der Waals surface area contributed by atoms with Crippen LogP contribution in [0.4, 0.5) is 10.1 Å². The number of halogens is 3. The van der Waals surface area contributed by atoms with Crippen LogP contribution in [-0.4, -0.2) is 61.9 Å². The molecule has 4 atom stereocenters. The van der Waals surface area contributed by atoms with Crippen molar-refractivity contribution in [3.05, 3.63) is 92.8 Å². The Morgan fingerprint density at radius 1 is 1.17 bits per heavy atom. The molecule has 3 aliphatic heterocycles. The summed E-state index contributed by atoms with van der Waals surface area (Å²) >= 11 is 12.8. The van der Waals surface area contributed by atoms with Crippen LogP contribution in [0.5, 0.6) is 0 Å². The van der Waals surface area contributed by atoms with Crippen LogP contribution in [0.2, 0.25) is 10.0 Å². The Balaban J connectivity index is 1.29. The van der Waals surface area contributed by atoms with E-state index in [1.807, 2.05) is 22.9 Å². The standard InChI is InChI=1S/C36H36Cl2FN5O3/c1-35(2,47)18-40-33(45)20-10-12-23-27(13-20)42-44-28(23)15-29-32(44)30(24-7-4-8-25(38)31(24)39)36(43(29)17-19-5-3-6-19)16-21-9-11-22(37)14-26(21)41-34(36)46/h4,7-14,19,29-30,32,47H,3,5-6,15-18H2,1-2H3,(H,40,45)(H,41,46)/t29-,30-,32+,36+/m0/s1. The summed E-state index contributed by atoms with van der Waals surface area (Å²) in [6, 6.07) is 15.6. The zero-order valence-corrected chi connectivity index (χ0v) is 27.7. The number of likely N-dealkylation sites (tertiary alicyclic amines) is 1. The van der Waals surface area contributed by atoms with E-state index in [4.69, 9.17) is 28.3 Å². The van der Waals surface area contributed by atoms with Crippen LogP contribution in [0.3, 0.4) is 0 Å². The minimum absolute atomic E-state index is 0.0144. The van der Waals surface area contributed by atoms with Gasteiger partial charge in [0, 0.05) is 65.2 Å². The number of amides is 2. The molecule has 2 amide bonds. The topological polar surface area (TPSA) is 99.5 Å². The number of aliphatic hydroxyl groups is 1. The van der Waals surface area contributed by atoms with Crippen LogP contribution in [0, 0.1) is 11.7 Å². The van der Waals surface area contributed by atoms with Crippen molar-refractivity contribution >= 4 is 51.6 Å². The SMILES string of the molecule is CC(C)(O)CNC(=O)c1ccc2c3n(nc2c1)[C@@H]1[C@H](C3)N(CC2CCC2)[C@]2(Cc3ccc(Cl)cc3NC2=O)[C@H]1c1cccc(Cl)c1F. The van der Waals surface area contributed by atoms with E-state index in [0.717, 1.165) is 42.5 Å². The van der Waals surface area contributed by atoms with Crippen molar-refractivity contribution in [2.75, 3.05) is 18.4 Å². The lowest BCUT2D eigenvalue weighted by atomic mass is 9.71. The molecule has 0 radical (unpaired) electrons. The van der Waals surface area contributed by atoms with Gasteiger partial charge in [-0.2, -0.15) is 5.10 Å². The summed E-state index contributed by atoms with van der Waals surface area (Å²) in [7, 11) is 0. The monoisotopic (exact) mass is 675 g/mol. The molecule has 8 rings (SSSR count). The molecule has 8 nitrogen and oxygen atoms in total. The number of aromatic nitrogens is 2. The van der Waals surface area contributed by atoms with E-state index < -0.39 is 22.9 Å². The molecule has 244 valence electrons. The lowest BCUT2D eigenvalue weighted by molar-refractivity contribution is -0.129. The summed E-state index contributed by atoms with van der Waals surface area (Å²) in [5.74, 6) is -1.16. The van der Waals surface area contributed by atoms with Crippen LogP contribution in [0.1, 0.15) is 72.2 Å². The number of nitrogens with one attached hydrogen (secondary N) is 2. The number of anilines is 1. The molecule has 1 spiro atoms. The highest BCUT2D eigenvalue weighted by atomic mass is 35.5. The van der Waals surface area contributed by atoms with E-state index in [2.05, 4.69) is 15.5 Å². The Bertz CT molecular complexity index is 1950. The highest BCUT2D eigenvalue weighted by molar-refractivity contribution is 6.31. The second-order valence-corrected chi connectivity index (χ2v) is 15.2. The highest BCUT2D eigenvalue weighted by Gasteiger charge is 2.67. The Hall–Kier alpha value is -3.50. The number of nitrogens with zero attached hydrogens (tertiary/aromatic N) is 3. The van der Waals surface area contributed by atoms with E-state index in [0.29, 0.717) is 46.1 Å². The zero-order valence-electron chi connectivity index (χ0n) is 26.2. The normalized spacial score (nSPS) is 25.4. The number of rotatable bonds is 6. The van der Waals surface area contributed by atoms with Crippen molar-refractivity contribution < 1.29 is 19.1 Å². The maximum atomic E-state index is 16.3. The van der Waals surface area contributed by atoms with Crippen molar-refractivity contribution in [3.8, 4) is 0 Å². The average molecular weight is 677 g/mol. The molecule has 1 saturated heterocycles. The van der Waals surface area contributed by atoms with E-state index in [1.165, 1.54) is 6.07 Å². The van der Waals surface area contributed by atoms with Crippen molar-refractivity contribution in [2.45, 2.75) is 75.1 Å². The lowest BCUT2D eigenvalue weighted by Gasteiger charge is -2.47. The minimum atomic E-state index is -1.10. The van der Waals surface area contributed by atoms with Crippen LogP contribution in [0.15, 0.2) is 54.6 Å². The lowest BCUT2D eigenvalue weighted by Crippen LogP contribution is -2.62.